The molecule has 0 heterocycles. The summed E-state index contributed by atoms with van der Waals surface area (Å²) in [6.07, 6.45) is 0. The van der Waals surface area contributed by atoms with Crippen LogP contribution in [-0.2, 0) is 14.3 Å². The molecular formula is C9H11ClO4S. The molecule has 0 saturated carbocycles. The number of alkyl halides is 1. The van der Waals surface area contributed by atoms with Crippen LogP contribution in [0.5, 0.6) is 5.75 Å². The van der Waals surface area contributed by atoms with Crippen LogP contribution >= 0.6 is 11.6 Å². The smallest absolute Gasteiger partial charge is 0.297 e. The third kappa shape index (κ3) is 3.37. The molecule has 0 aromatic heterocycles. The van der Waals surface area contributed by atoms with Gasteiger partial charge in [0.05, 0.1) is 18.6 Å². The van der Waals surface area contributed by atoms with Crippen molar-refractivity contribution in [2.45, 2.75) is 4.90 Å². The van der Waals surface area contributed by atoms with Crippen molar-refractivity contribution >= 4 is 21.7 Å². The maximum atomic E-state index is 11.5. The van der Waals surface area contributed by atoms with Crippen LogP contribution < -0.4 is 4.74 Å². The summed E-state index contributed by atoms with van der Waals surface area (Å²) in [4.78, 5) is 0.0620. The van der Waals surface area contributed by atoms with Gasteiger partial charge in [-0.3, -0.25) is 4.18 Å². The third-order valence-electron chi connectivity index (χ3n) is 1.65. The molecule has 4 nitrogen and oxygen atoms in total. The molecule has 0 radical (unpaired) electrons. The summed E-state index contributed by atoms with van der Waals surface area (Å²) in [7, 11) is -2.26. The quantitative estimate of drug-likeness (QED) is 0.589. The van der Waals surface area contributed by atoms with E-state index in [9.17, 15) is 8.42 Å². The van der Waals surface area contributed by atoms with Gasteiger partial charge in [0, 0.05) is 11.9 Å². The molecule has 0 unspecified atom stereocenters. The van der Waals surface area contributed by atoms with Crippen molar-refractivity contribution in [1.29, 1.82) is 0 Å². The van der Waals surface area contributed by atoms with E-state index in [4.69, 9.17) is 16.3 Å². The Labute approximate surface area is 93.9 Å². The van der Waals surface area contributed by atoms with Crippen LogP contribution in [-0.4, -0.2) is 28.0 Å². The van der Waals surface area contributed by atoms with Gasteiger partial charge in [-0.05, 0) is 12.1 Å². The van der Waals surface area contributed by atoms with Crippen LogP contribution in [0.3, 0.4) is 0 Å². The first-order chi connectivity index (χ1) is 7.10. The van der Waals surface area contributed by atoms with E-state index in [-0.39, 0.29) is 17.4 Å². The molecular weight excluding hydrogens is 240 g/mol. The Morgan fingerprint density at radius 2 is 2.13 bits per heavy atom. The van der Waals surface area contributed by atoms with E-state index in [0.717, 1.165) is 0 Å². The van der Waals surface area contributed by atoms with E-state index in [1.807, 2.05) is 0 Å². The fourth-order valence-corrected chi connectivity index (χ4v) is 2.08. The van der Waals surface area contributed by atoms with Crippen molar-refractivity contribution in [1.82, 2.24) is 0 Å². The van der Waals surface area contributed by atoms with Gasteiger partial charge in [-0.2, -0.15) is 8.42 Å². The van der Waals surface area contributed by atoms with E-state index in [1.54, 1.807) is 12.1 Å². The second-order valence-electron chi connectivity index (χ2n) is 2.64. The van der Waals surface area contributed by atoms with Gasteiger partial charge in [-0.15, -0.1) is 11.6 Å². The first-order valence-corrected chi connectivity index (χ1v) is 6.14. The molecule has 0 atom stereocenters. The Morgan fingerprint density at radius 3 is 2.73 bits per heavy atom. The van der Waals surface area contributed by atoms with Crippen LogP contribution in [0.4, 0.5) is 0 Å². The topological polar surface area (TPSA) is 52.6 Å². The molecule has 1 aromatic carbocycles. The maximum absolute atomic E-state index is 11.5. The Kier molecular flexibility index (Phi) is 4.38. The van der Waals surface area contributed by atoms with Crippen LogP contribution in [0, 0.1) is 0 Å². The van der Waals surface area contributed by atoms with Gasteiger partial charge >= 0.3 is 0 Å². The fourth-order valence-electron chi connectivity index (χ4n) is 0.966. The predicted octanol–water partition coefficient (Wildman–Crippen LogP) is 1.64. The van der Waals surface area contributed by atoms with Gasteiger partial charge in [0.15, 0.2) is 0 Å². The minimum atomic E-state index is -3.72. The average molecular weight is 251 g/mol. The van der Waals surface area contributed by atoms with Crippen molar-refractivity contribution in [3.05, 3.63) is 24.3 Å². The Morgan fingerprint density at radius 1 is 1.40 bits per heavy atom. The Balaban J connectivity index is 2.94. The molecule has 15 heavy (non-hydrogen) atoms. The number of methoxy groups -OCH3 is 1. The summed E-state index contributed by atoms with van der Waals surface area (Å²) in [6.45, 7) is -0.0406. The molecule has 0 aliphatic heterocycles. The van der Waals surface area contributed by atoms with Crippen LogP contribution in [0.2, 0.25) is 0 Å². The van der Waals surface area contributed by atoms with Gasteiger partial charge in [0.1, 0.15) is 5.75 Å². The number of ether oxygens (including phenoxy) is 1. The first kappa shape index (κ1) is 12.3. The normalized spacial score (nSPS) is 11.3. The maximum Gasteiger partial charge on any atom is 0.297 e. The standard InChI is InChI=1S/C9H11ClO4S/c1-13-8-3-2-4-9(7-8)15(11,12)14-6-5-10/h2-4,7H,5-6H2,1H3. The third-order valence-corrected chi connectivity index (χ3v) is 3.11. The lowest BCUT2D eigenvalue weighted by molar-refractivity contribution is 0.339. The van der Waals surface area contributed by atoms with E-state index in [2.05, 4.69) is 4.18 Å². The van der Waals surface area contributed by atoms with Gasteiger partial charge in [0.2, 0.25) is 0 Å². The highest BCUT2D eigenvalue weighted by atomic mass is 35.5. The van der Waals surface area contributed by atoms with Crippen molar-refractivity contribution in [3.8, 4) is 5.75 Å². The fraction of sp³-hybridized carbons (Fsp3) is 0.333. The molecule has 0 amide bonds. The molecule has 6 heteroatoms. The summed E-state index contributed by atoms with van der Waals surface area (Å²) in [5.41, 5.74) is 0. The molecule has 0 saturated heterocycles. The first-order valence-electron chi connectivity index (χ1n) is 4.19. The number of rotatable bonds is 5. The summed E-state index contributed by atoms with van der Waals surface area (Å²) in [5, 5.41) is 0. The highest BCUT2D eigenvalue weighted by Gasteiger charge is 2.15. The molecule has 0 spiro atoms. The largest absolute Gasteiger partial charge is 0.497 e. The Hall–Kier alpha value is -0.780. The number of benzene rings is 1. The van der Waals surface area contributed by atoms with Gasteiger partial charge in [-0.1, -0.05) is 6.07 Å². The van der Waals surface area contributed by atoms with Crippen LogP contribution in [0.15, 0.2) is 29.2 Å². The zero-order valence-corrected chi connectivity index (χ0v) is 9.72. The minimum Gasteiger partial charge on any atom is -0.497 e. The number of halogens is 1. The molecule has 0 N–H and O–H groups in total. The molecule has 1 rings (SSSR count). The summed E-state index contributed by atoms with van der Waals surface area (Å²) < 4.78 is 32.6. The second-order valence-corrected chi connectivity index (χ2v) is 4.64. The van der Waals surface area contributed by atoms with Crippen molar-refractivity contribution in [3.63, 3.8) is 0 Å². The van der Waals surface area contributed by atoms with Crippen LogP contribution in [0.1, 0.15) is 0 Å². The summed E-state index contributed by atoms with van der Waals surface area (Å²) >= 11 is 5.34. The molecule has 0 fully saturated rings. The van der Waals surface area contributed by atoms with Crippen molar-refractivity contribution in [2.24, 2.45) is 0 Å². The summed E-state index contributed by atoms with van der Waals surface area (Å²) in [5.74, 6) is 0.592. The molecule has 84 valence electrons. The van der Waals surface area contributed by atoms with E-state index in [1.165, 1.54) is 19.2 Å². The van der Waals surface area contributed by atoms with Gasteiger partial charge in [0.25, 0.3) is 10.1 Å². The zero-order valence-electron chi connectivity index (χ0n) is 8.14. The van der Waals surface area contributed by atoms with Gasteiger partial charge < -0.3 is 4.74 Å². The predicted molar refractivity (Wildman–Crippen MR) is 56.9 cm³/mol. The SMILES string of the molecule is COc1cccc(S(=O)(=O)OCCCl)c1. The highest BCUT2D eigenvalue weighted by Crippen LogP contribution is 2.18. The zero-order chi connectivity index (χ0) is 11.3. The number of hydrogen-bond donors (Lipinski definition) is 0. The lowest BCUT2D eigenvalue weighted by atomic mass is 10.3. The molecule has 0 bridgehead atoms. The number of hydrogen-bond acceptors (Lipinski definition) is 4. The highest BCUT2D eigenvalue weighted by molar-refractivity contribution is 7.86. The molecule has 0 aliphatic carbocycles. The van der Waals surface area contributed by atoms with Crippen molar-refractivity contribution < 1.29 is 17.3 Å². The van der Waals surface area contributed by atoms with E-state index in [0.29, 0.717) is 5.75 Å². The Bertz CT molecular complexity index is 416. The average Bonchev–Trinajstić information content (AvgIpc) is 2.26. The molecule has 1 aromatic rings. The minimum absolute atomic E-state index is 0.0406. The monoisotopic (exact) mass is 250 g/mol. The summed E-state index contributed by atoms with van der Waals surface area (Å²) in [6, 6.07) is 6.06. The lowest BCUT2D eigenvalue weighted by Crippen LogP contribution is -2.08. The van der Waals surface area contributed by atoms with Crippen molar-refractivity contribution in [2.75, 3.05) is 19.6 Å². The van der Waals surface area contributed by atoms with E-state index < -0.39 is 10.1 Å². The second kappa shape index (κ2) is 5.34. The molecule has 0 aliphatic rings. The van der Waals surface area contributed by atoms with E-state index >= 15 is 0 Å². The lowest BCUT2D eigenvalue weighted by Gasteiger charge is -2.05. The van der Waals surface area contributed by atoms with Crippen LogP contribution in [0.25, 0.3) is 0 Å². The van der Waals surface area contributed by atoms with Gasteiger partial charge in [-0.25, -0.2) is 0 Å².